The first-order valence-corrected chi connectivity index (χ1v) is 4.23. The number of nitrogens with two attached hydrogens (primary N) is 1. The van der Waals surface area contributed by atoms with E-state index in [2.05, 4.69) is 5.32 Å². The van der Waals surface area contributed by atoms with Gasteiger partial charge in [0.25, 0.3) is 0 Å². The Balaban J connectivity index is 2.28. The topological polar surface area (TPSA) is 58.4 Å². The van der Waals surface area contributed by atoms with Gasteiger partial charge in [-0.05, 0) is 18.2 Å². The third kappa shape index (κ3) is 1.48. The second-order valence-corrected chi connectivity index (χ2v) is 3.17. The Morgan fingerprint density at radius 2 is 2.29 bits per heavy atom. The van der Waals surface area contributed by atoms with E-state index in [4.69, 9.17) is 5.73 Å². The fraction of sp³-hybridized carbons (Fsp3) is 0.222. The highest BCUT2D eigenvalue weighted by atomic mass is 19.1. The number of nitrogen functional groups attached to an aromatic ring is 1. The minimum atomic E-state index is -0.401. The maximum absolute atomic E-state index is 13.4. The molecule has 4 nitrogen and oxygen atoms in total. The van der Waals surface area contributed by atoms with Crippen molar-refractivity contribution in [3.05, 3.63) is 24.0 Å². The molecular formula is C9H10FN3O. The fourth-order valence-electron chi connectivity index (χ4n) is 1.42. The molecule has 0 radical (unpaired) electrons. The van der Waals surface area contributed by atoms with Crippen molar-refractivity contribution in [1.82, 2.24) is 5.32 Å². The number of anilines is 2. The van der Waals surface area contributed by atoms with E-state index in [0.717, 1.165) is 0 Å². The molecule has 1 amide bonds. The van der Waals surface area contributed by atoms with Gasteiger partial charge >= 0.3 is 0 Å². The summed E-state index contributed by atoms with van der Waals surface area (Å²) in [6.07, 6.45) is 0. The van der Waals surface area contributed by atoms with Gasteiger partial charge in [-0.3, -0.25) is 4.79 Å². The Bertz CT molecular complexity index is 380. The van der Waals surface area contributed by atoms with Crippen molar-refractivity contribution in [1.29, 1.82) is 0 Å². The van der Waals surface area contributed by atoms with E-state index in [-0.39, 0.29) is 12.5 Å². The van der Waals surface area contributed by atoms with Crippen LogP contribution in [0.3, 0.4) is 0 Å². The molecule has 0 unspecified atom stereocenters. The third-order valence-electron chi connectivity index (χ3n) is 2.11. The zero-order chi connectivity index (χ0) is 10.1. The standard InChI is InChI=1S/C9H10FN3O/c10-7-3-6(11)1-2-8(7)13-4-9(14)12-5-13/h1-3H,4-5,11H2,(H,12,14). The van der Waals surface area contributed by atoms with Crippen molar-refractivity contribution in [2.24, 2.45) is 0 Å². The van der Waals surface area contributed by atoms with Gasteiger partial charge in [0.05, 0.1) is 18.9 Å². The summed E-state index contributed by atoms with van der Waals surface area (Å²) >= 11 is 0. The predicted octanol–water partition coefficient (Wildman–Crippen LogP) is 0.302. The molecule has 1 aliphatic heterocycles. The lowest BCUT2D eigenvalue weighted by atomic mass is 10.2. The summed E-state index contributed by atoms with van der Waals surface area (Å²) in [5.41, 5.74) is 6.19. The number of rotatable bonds is 1. The molecule has 0 bridgehead atoms. The maximum Gasteiger partial charge on any atom is 0.240 e. The van der Waals surface area contributed by atoms with Gasteiger partial charge in [0.15, 0.2) is 0 Å². The van der Waals surface area contributed by atoms with Crippen molar-refractivity contribution >= 4 is 17.3 Å². The number of nitrogens with zero attached hydrogens (tertiary/aromatic N) is 1. The van der Waals surface area contributed by atoms with Gasteiger partial charge < -0.3 is 16.0 Å². The Hall–Kier alpha value is -1.78. The summed E-state index contributed by atoms with van der Waals surface area (Å²) < 4.78 is 13.4. The van der Waals surface area contributed by atoms with Crippen molar-refractivity contribution in [2.45, 2.75) is 0 Å². The average Bonchev–Trinajstić information content (AvgIpc) is 2.51. The quantitative estimate of drug-likeness (QED) is 0.634. The lowest BCUT2D eigenvalue weighted by Crippen LogP contribution is -2.22. The van der Waals surface area contributed by atoms with E-state index in [1.807, 2.05) is 0 Å². The molecule has 3 N–H and O–H groups in total. The summed E-state index contributed by atoms with van der Waals surface area (Å²) in [5.74, 6) is -0.497. The molecule has 1 aromatic carbocycles. The van der Waals surface area contributed by atoms with Crippen LogP contribution < -0.4 is 16.0 Å². The number of nitrogens with one attached hydrogen (secondary N) is 1. The Labute approximate surface area is 80.5 Å². The summed E-state index contributed by atoms with van der Waals surface area (Å²) in [5, 5.41) is 2.60. The molecule has 1 aliphatic rings. The highest BCUT2D eigenvalue weighted by Gasteiger charge is 2.20. The zero-order valence-corrected chi connectivity index (χ0v) is 7.46. The monoisotopic (exact) mass is 195 g/mol. The van der Waals surface area contributed by atoms with E-state index >= 15 is 0 Å². The van der Waals surface area contributed by atoms with Crippen LogP contribution in [0.25, 0.3) is 0 Å². The summed E-state index contributed by atoms with van der Waals surface area (Å²) in [6.45, 7) is 0.542. The van der Waals surface area contributed by atoms with Crippen LogP contribution >= 0.6 is 0 Å². The van der Waals surface area contributed by atoms with Gasteiger partial charge in [-0.1, -0.05) is 0 Å². The van der Waals surface area contributed by atoms with Crippen LogP contribution in [0.5, 0.6) is 0 Å². The minimum Gasteiger partial charge on any atom is -0.399 e. The summed E-state index contributed by atoms with van der Waals surface area (Å²) in [6, 6.07) is 4.43. The van der Waals surface area contributed by atoms with Crippen LogP contribution in [-0.4, -0.2) is 19.1 Å². The molecule has 1 heterocycles. The number of carbonyl (C=O) groups is 1. The van der Waals surface area contributed by atoms with Gasteiger partial charge in [0.1, 0.15) is 5.82 Å². The van der Waals surface area contributed by atoms with Crippen LogP contribution in [0, 0.1) is 5.82 Å². The first-order valence-electron chi connectivity index (χ1n) is 4.23. The largest absolute Gasteiger partial charge is 0.399 e. The molecule has 1 fully saturated rings. The molecule has 0 aliphatic carbocycles. The molecule has 2 rings (SSSR count). The Morgan fingerprint density at radius 1 is 1.50 bits per heavy atom. The lowest BCUT2D eigenvalue weighted by Gasteiger charge is -2.16. The van der Waals surface area contributed by atoms with Gasteiger partial charge in [-0.15, -0.1) is 0 Å². The van der Waals surface area contributed by atoms with Gasteiger partial charge in [0, 0.05) is 5.69 Å². The number of hydrogen-bond acceptors (Lipinski definition) is 3. The normalized spacial score (nSPS) is 15.8. The van der Waals surface area contributed by atoms with E-state index < -0.39 is 5.82 Å². The molecule has 0 spiro atoms. The van der Waals surface area contributed by atoms with Crippen molar-refractivity contribution in [3.63, 3.8) is 0 Å². The Kier molecular flexibility index (Phi) is 1.99. The fourth-order valence-corrected chi connectivity index (χ4v) is 1.42. The molecule has 74 valence electrons. The van der Waals surface area contributed by atoms with Crippen molar-refractivity contribution in [3.8, 4) is 0 Å². The average molecular weight is 195 g/mol. The SMILES string of the molecule is Nc1ccc(N2CNC(=O)C2)c(F)c1. The molecule has 1 saturated heterocycles. The Morgan fingerprint density at radius 3 is 2.86 bits per heavy atom. The first-order chi connectivity index (χ1) is 6.66. The van der Waals surface area contributed by atoms with E-state index in [1.165, 1.54) is 6.07 Å². The van der Waals surface area contributed by atoms with Crippen LogP contribution in [0.15, 0.2) is 18.2 Å². The van der Waals surface area contributed by atoms with Crippen LogP contribution in [0.1, 0.15) is 0 Å². The second kappa shape index (κ2) is 3.17. The van der Waals surface area contributed by atoms with Crippen LogP contribution in [-0.2, 0) is 4.79 Å². The predicted molar refractivity (Wildman–Crippen MR) is 51.2 cm³/mol. The molecule has 5 heteroatoms. The van der Waals surface area contributed by atoms with Gasteiger partial charge in [0.2, 0.25) is 5.91 Å². The number of amides is 1. The minimum absolute atomic E-state index is 0.0961. The molecule has 1 aromatic rings. The zero-order valence-electron chi connectivity index (χ0n) is 7.46. The maximum atomic E-state index is 13.4. The van der Waals surface area contributed by atoms with Gasteiger partial charge in [-0.2, -0.15) is 0 Å². The number of benzene rings is 1. The third-order valence-corrected chi connectivity index (χ3v) is 2.11. The van der Waals surface area contributed by atoms with Crippen molar-refractivity contribution in [2.75, 3.05) is 23.8 Å². The lowest BCUT2D eigenvalue weighted by molar-refractivity contribution is -0.118. The number of carbonyl (C=O) groups excluding carboxylic acids is 1. The van der Waals surface area contributed by atoms with E-state index in [0.29, 0.717) is 18.0 Å². The molecule has 14 heavy (non-hydrogen) atoms. The summed E-state index contributed by atoms with van der Waals surface area (Å²) in [4.78, 5) is 12.5. The molecule has 0 atom stereocenters. The second-order valence-electron chi connectivity index (χ2n) is 3.17. The number of halogens is 1. The molecular weight excluding hydrogens is 185 g/mol. The van der Waals surface area contributed by atoms with Crippen LogP contribution in [0.4, 0.5) is 15.8 Å². The molecule has 0 saturated carbocycles. The molecule has 0 aromatic heterocycles. The van der Waals surface area contributed by atoms with Crippen LogP contribution in [0.2, 0.25) is 0 Å². The number of hydrogen-bond donors (Lipinski definition) is 2. The highest BCUT2D eigenvalue weighted by molar-refractivity contribution is 5.84. The van der Waals surface area contributed by atoms with E-state index in [1.54, 1.807) is 17.0 Å². The first kappa shape index (κ1) is 8.80. The summed E-state index contributed by atoms with van der Waals surface area (Å²) in [7, 11) is 0. The van der Waals surface area contributed by atoms with E-state index in [9.17, 15) is 9.18 Å². The van der Waals surface area contributed by atoms with Gasteiger partial charge in [-0.25, -0.2) is 4.39 Å². The highest BCUT2D eigenvalue weighted by Crippen LogP contribution is 2.21. The van der Waals surface area contributed by atoms with Crippen molar-refractivity contribution < 1.29 is 9.18 Å². The smallest absolute Gasteiger partial charge is 0.240 e.